The number of benzene rings is 1. The first kappa shape index (κ1) is 27.4. The summed E-state index contributed by atoms with van der Waals surface area (Å²) in [5.74, 6) is 2.88. The lowest BCUT2D eigenvalue weighted by atomic mass is 10.0. The van der Waals surface area contributed by atoms with E-state index in [1.54, 1.807) is 7.11 Å². The van der Waals surface area contributed by atoms with Crippen LogP contribution in [0.4, 0.5) is 0 Å². The first-order chi connectivity index (χ1) is 15.7. The molecule has 0 spiro atoms. The highest BCUT2D eigenvalue weighted by Crippen LogP contribution is 2.26. The maximum atomic E-state index is 5.35. The number of likely N-dealkylation sites (tertiary alicyclic amines) is 1. The number of unbranched alkanes of at least 4 members (excludes halogenated alkanes) is 1. The van der Waals surface area contributed by atoms with Gasteiger partial charge in [-0.2, -0.15) is 0 Å². The minimum Gasteiger partial charge on any atom is -0.497 e. The minimum atomic E-state index is 0. The zero-order valence-corrected chi connectivity index (χ0v) is 22.8. The number of methoxy groups -OCH3 is 1. The van der Waals surface area contributed by atoms with Gasteiger partial charge < -0.3 is 19.9 Å². The van der Waals surface area contributed by atoms with Crippen LogP contribution in [0.1, 0.15) is 56.5 Å². The van der Waals surface area contributed by atoms with E-state index in [1.807, 2.05) is 12.4 Å². The molecule has 0 saturated carbocycles. The molecule has 1 saturated heterocycles. The lowest BCUT2D eigenvalue weighted by molar-refractivity contribution is 0.167. The molecule has 184 valence electrons. The Kier molecular flexibility index (Phi) is 12.6. The van der Waals surface area contributed by atoms with E-state index in [9.17, 15) is 0 Å². The number of rotatable bonds is 11. The van der Waals surface area contributed by atoms with E-state index in [-0.39, 0.29) is 24.0 Å². The van der Waals surface area contributed by atoms with Crippen LogP contribution in [0.2, 0.25) is 0 Å². The fourth-order valence-electron chi connectivity index (χ4n) is 4.26. The molecule has 0 aliphatic carbocycles. The van der Waals surface area contributed by atoms with Crippen LogP contribution in [0, 0.1) is 6.92 Å². The Hall–Kier alpha value is -1.81. The number of halogens is 1. The van der Waals surface area contributed by atoms with Gasteiger partial charge in [0, 0.05) is 32.0 Å². The van der Waals surface area contributed by atoms with Gasteiger partial charge in [-0.25, -0.2) is 4.98 Å². The minimum absolute atomic E-state index is 0. The molecule has 3 rings (SSSR count). The number of aryl methyl sites for hydroxylation is 2. The van der Waals surface area contributed by atoms with E-state index in [0.717, 1.165) is 69.6 Å². The Labute approximate surface area is 216 Å². The van der Waals surface area contributed by atoms with Crippen molar-refractivity contribution in [3.8, 4) is 5.75 Å². The molecule has 2 aromatic rings. The van der Waals surface area contributed by atoms with Gasteiger partial charge in [-0.1, -0.05) is 18.6 Å². The second-order valence-corrected chi connectivity index (χ2v) is 8.41. The molecule has 1 aromatic heterocycles. The summed E-state index contributed by atoms with van der Waals surface area (Å²) in [5, 5.41) is 6.93. The zero-order valence-electron chi connectivity index (χ0n) is 20.4. The van der Waals surface area contributed by atoms with Gasteiger partial charge in [-0.05, 0) is 70.3 Å². The van der Waals surface area contributed by atoms with E-state index in [0.29, 0.717) is 6.04 Å². The van der Waals surface area contributed by atoms with Crippen LogP contribution in [0.5, 0.6) is 5.75 Å². The van der Waals surface area contributed by atoms with Crippen LogP contribution in [0.25, 0.3) is 0 Å². The summed E-state index contributed by atoms with van der Waals surface area (Å²) in [7, 11) is 1.71. The van der Waals surface area contributed by atoms with Crippen molar-refractivity contribution in [2.45, 2.75) is 58.5 Å². The Morgan fingerprint density at radius 2 is 1.88 bits per heavy atom. The van der Waals surface area contributed by atoms with Crippen LogP contribution in [-0.2, 0) is 6.54 Å². The van der Waals surface area contributed by atoms with Gasteiger partial charge in [-0.15, -0.1) is 24.0 Å². The van der Waals surface area contributed by atoms with E-state index in [4.69, 9.17) is 9.73 Å². The number of nitrogens with one attached hydrogen (secondary N) is 2. The largest absolute Gasteiger partial charge is 0.497 e. The zero-order chi connectivity index (χ0) is 22.6. The third kappa shape index (κ3) is 8.81. The van der Waals surface area contributed by atoms with Crippen molar-refractivity contribution in [1.29, 1.82) is 0 Å². The second-order valence-electron chi connectivity index (χ2n) is 8.41. The molecule has 1 unspecified atom stereocenters. The van der Waals surface area contributed by atoms with Crippen molar-refractivity contribution in [1.82, 2.24) is 25.1 Å². The fraction of sp³-hybridized carbons (Fsp3) is 0.600. The molecular formula is C25H41IN6O. The third-order valence-electron chi connectivity index (χ3n) is 6.14. The Balaban J connectivity index is 0.00000385. The molecule has 0 amide bonds. The van der Waals surface area contributed by atoms with Crippen LogP contribution in [0.3, 0.4) is 0 Å². The molecule has 33 heavy (non-hydrogen) atoms. The number of piperidine rings is 1. The highest BCUT2D eigenvalue weighted by Gasteiger charge is 2.22. The fourth-order valence-corrected chi connectivity index (χ4v) is 4.26. The van der Waals surface area contributed by atoms with Gasteiger partial charge in [0.2, 0.25) is 0 Å². The highest BCUT2D eigenvalue weighted by molar-refractivity contribution is 14.0. The lowest BCUT2D eigenvalue weighted by Crippen LogP contribution is -2.40. The van der Waals surface area contributed by atoms with Gasteiger partial charge in [0.05, 0.1) is 19.7 Å². The maximum Gasteiger partial charge on any atom is 0.191 e. The van der Waals surface area contributed by atoms with Gasteiger partial charge in [0.15, 0.2) is 5.96 Å². The standard InChI is InChI=1S/C25H40N6O.HI/c1-4-26-25(28-14-6-9-16-30-19-15-27-21(30)2)29-20-24(31-17-7-5-8-18-31)22-10-12-23(32-3)13-11-22;/h10-13,15,19,24H,4-9,14,16-18,20H2,1-3H3,(H2,26,28,29);1H. The van der Waals surface area contributed by atoms with Crippen molar-refractivity contribution < 1.29 is 4.74 Å². The summed E-state index contributed by atoms with van der Waals surface area (Å²) in [6.45, 7) is 9.98. The smallest absolute Gasteiger partial charge is 0.191 e. The number of aromatic nitrogens is 2. The summed E-state index contributed by atoms with van der Waals surface area (Å²) in [5.41, 5.74) is 1.31. The number of hydrogen-bond donors (Lipinski definition) is 2. The number of imidazole rings is 1. The SMILES string of the molecule is CCNC(=NCC(c1ccc(OC)cc1)N1CCCCC1)NCCCCn1ccnc1C.I. The average Bonchev–Trinajstić information content (AvgIpc) is 3.24. The second kappa shape index (κ2) is 15.2. The van der Waals surface area contributed by atoms with Gasteiger partial charge in [0.1, 0.15) is 11.6 Å². The molecule has 0 radical (unpaired) electrons. The molecule has 7 nitrogen and oxygen atoms in total. The Bertz CT molecular complexity index is 817. The van der Waals surface area contributed by atoms with E-state index >= 15 is 0 Å². The third-order valence-corrected chi connectivity index (χ3v) is 6.14. The van der Waals surface area contributed by atoms with E-state index < -0.39 is 0 Å². The van der Waals surface area contributed by atoms with E-state index in [1.165, 1.54) is 24.8 Å². The van der Waals surface area contributed by atoms with Crippen molar-refractivity contribution >= 4 is 29.9 Å². The van der Waals surface area contributed by atoms with Crippen LogP contribution in [-0.4, -0.2) is 60.2 Å². The van der Waals surface area contributed by atoms with Crippen LogP contribution < -0.4 is 15.4 Å². The Morgan fingerprint density at radius 1 is 1.12 bits per heavy atom. The normalized spacial score (nSPS) is 15.5. The molecule has 1 aliphatic heterocycles. The summed E-state index contributed by atoms with van der Waals surface area (Å²) < 4.78 is 7.56. The number of ether oxygens (including phenoxy) is 1. The van der Waals surface area contributed by atoms with Crippen molar-refractivity contribution in [2.24, 2.45) is 4.99 Å². The van der Waals surface area contributed by atoms with Crippen molar-refractivity contribution in [3.63, 3.8) is 0 Å². The predicted octanol–water partition coefficient (Wildman–Crippen LogP) is 4.38. The quantitative estimate of drug-likeness (QED) is 0.182. The number of aliphatic imine (C=N–C) groups is 1. The first-order valence-electron chi connectivity index (χ1n) is 12.1. The summed E-state index contributed by atoms with van der Waals surface area (Å²) >= 11 is 0. The molecular weight excluding hydrogens is 527 g/mol. The van der Waals surface area contributed by atoms with Gasteiger partial charge >= 0.3 is 0 Å². The van der Waals surface area contributed by atoms with Crippen LogP contribution in [0.15, 0.2) is 41.7 Å². The molecule has 2 N–H and O–H groups in total. The predicted molar refractivity (Wildman–Crippen MR) is 147 cm³/mol. The number of hydrogen-bond acceptors (Lipinski definition) is 4. The molecule has 1 fully saturated rings. The number of nitrogens with zero attached hydrogens (tertiary/aromatic N) is 4. The summed E-state index contributed by atoms with van der Waals surface area (Å²) in [6, 6.07) is 8.78. The average molecular weight is 569 g/mol. The molecule has 2 heterocycles. The molecule has 8 heteroatoms. The molecule has 1 aliphatic rings. The molecule has 1 aromatic carbocycles. The first-order valence-corrected chi connectivity index (χ1v) is 12.1. The van der Waals surface area contributed by atoms with E-state index in [2.05, 4.69) is 63.2 Å². The van der Waals surface area contributed by atoms with Crippen molar-refractivity contribution in [2.75, 3.05) is 39.8 Å². The van der Waals surface area contributed by atoms with Gasteiger partial charge in [-0.3, -0.25) is 9.89 Å². The monoisotopic (exact) mass is 568 g/mol. The van der Waals surface area contributed by atoms with Gasteiger partial charge in [0.25, 0.3) is 0 Å². The lowest BCUT2D eigenvalue weighted by Gasteiger charge is -2.34. The maximum absolute atomic E-state index is 5.35. The topological polar surface area (TPSA) is 66.7 Å². The number of guanidine groups is 1. The summed E-state index contributed by atoms with van der Waals surface area (Å²) in [6.07, 6.45) is 10.00. The molecule has 0 bridgehead atoms. The highest BCUT2D eigenvalue weighted by atomic mass is 127. The molecule has 1 atom stereocenters. The Morgan fingerprint density at radius 3 is 2.52 bits per heavy atom. The summed E-state index contributed by atoms with van der Waals surface area (Å²) in [4.78, 5) is 11.9. The van der Waals surface area contributed by atoms with Crippen LogP contribution >= 0.6 is 24.0 Å². The van der Waals surface area contributed by atoms with Crippen molar-refractivity contribution in [3.05, 3.63) is 48.0 Å².